The van der Waals surface area contributed by atoms with Crippen LogP contribution in [0.25, 0.3) is 0 Å². The van der Waals surface area contributed by atoms with Crippen LogP contribution in [0.1, 0.15) is 19.3 Å². The molecule has 0 bridgehead atoms. The van der Waals surface area contributed by atoms with E-state index in [1.807, 2.05) is 0 Å². The molecule has 0 aromatic carbocycles. The van der Waals surface area contributed by atoms with E-state index in [4.69, 9.17) is 11.5 Å². The van der Waals surface area contributed by atoms with Crippen molar-refractivity contribution in [3.8, 4) is 0 Å². The zero-order valence-corrected chi connectivity index (χ0v) is 21.7. The molecule has 14 heteroatoms. The number of nitrogens with two attached hydrogens (primary N) is 2. The Hall–Kier alpha value is 1.80. The summed E-state index contributed by atoms with van der Waals surface area (Å²) in [5.74, 6) is -5.83. The third kappa shape index (κ3) is 32.0. The summed E-state index contributed by atoms with van der Waals surface area (Å²) in [6.45, 7) is 0. The first-order chi connectivity index (χ1) is 8.57. The third-order valence-electron chi connectivity index (χ3n) is 1.65. The molecule has 0 aromatic heterocycles. The molecule has 0 aliphatic rings. The van der Waals surface area contributed by atoms with Crippen LogP contribution in [-0.4, -0.2) is 36.0 Å². The van der Waals surface area contributed by atoms with E-state index in [0.717, 1.165) is 0 Å². The van der Waals surface area contributed by atoms with Crippen molar-refractivity contribution in [1.82, 2.24) is 0 Å². The summed E-state index contributed by atoms with van der Waals surface area (Å²) in [6.07, 6.45) is -1.21. The molecule has 0 saturated carbocycles. The number of carboxylic acid groups (broad SMARTS) is 4. The molecule has 4 N–H and O–H groups in total. The molecule has 0 heterocycles. The largest absolute Gasteiger partial charge is 1.00 e. The van der Waals surface area contributed by atoms with Crippen LogP contribution in [-0.2, 0) is 19.2 Å². The Balaban J connectivity index is -0.0000000537. The van der Waals surface area contributed by atoms with Crippen molar-refractivity contribution < 1.29 is 158 Å². The van der Waals surface area contributed by atoms with Crippen molar-refractivity contribution in [2.24, 2.45) is 11.5 Å². The standard InChI is InChI=1S/C5H9NO4.C4H7NO4.4Na/c6-3(5(9)10)1-2-4(7)8;5-2(4(8)9)1-3(6)7;;;;/h3H,1-2,6H2,(H,7,8)(H,9,10);2H,1,5H2,(H,6,7)(H,8,9);;;;/q;;4*+1/p-4. The fourth-order valence-corrected chi connectivity index (χ4v) is 0.654. The molecule has 10 nitrogen and oxygen atoms in total. The number of carbonyl (C=O) groups excluding carboxylic acids is 4. The maximum atomic E-state index is 9.86. The van der Waals surface area contributed by atoms with E-state index < -0.39 is 42.4 Å². The van der Waals surface area contributed by atoms with Crippen LogP contribution in [0.5, 0.6) is 0 Å². The van der Waals surface area contributed by atoms with Crippen LogP contribution in [0, 0.1) is 0 Å². The van der Waals surface area contributed by atoms with Crippen LogP contribution in [0.2, 0.25) is 0 Å². The van der Waals surface area contributed by atoms with Crippen LogP contribution >= 0.6 is 0 Å². The molecule has 0 rings (SSSR count). The van der Waals surface area contributed by atoms with E-state index in [0.29, 0.717) is 0 Å². The molecule has 0 fully saturated rings. The van der Waals surface area contributed by atoms with Gasteiger partial charge in [0.2, 0.25) is 0 Å². The van der Waals surface area contributed by atoms with E-state index in [2.05, 4.69) is 0 Å². The van der Waals surface area contributed by atoms with Crippen LogP contribution < -0.4 is 150 Å². The zero-order valence-electron chi connectivity index (χ0n) is 13.7. The maximum Gasteiger partial charge on any atom is 1.00 e. The molecule has 0 spiro atoms. The Morgan fingerprint density at radius 2 is 1.04 bits per heavy atom. The number of hydrogen-bond donors (Lipinski definition) is 2. The van der Waals surface area contributed by atoms with Gasteiger partial charge in [-0.15, -0.1) is 0 Å². The molecular formula is C9H12N2Na4O8. The van der Waals surface area contributed by atoms with Gasteiger partial charge in [-0.05, 0) is 12.8 Å². The minimum Gasteiger partial charge on any atom is -0.550 e. The number of rotatable bonds is 7. The summed E-state index contributed by atoms with van der Waals surface area (Å²) in [4.78, 5) is 38.9. The molecule has 2 atom stereocenters. The second-order valence-electron chi connectivity index (χ2n) is 3.34. The van der Waals surface area contributed by atoms with Gasteiger partial charge in [0.05, 0.1) is 11.9 Å². The Morgan fingerprint density at radius 1 is 0.696 bits per heavy atom. The minimum atomic E-state index is -1.58. The fourth-order valence-electron chi connectivity index (χ4n) is 0.654. The quantitative estimate of drug-likeness (QED) is 0.405. The Labute approximate surface area is 221 Å². The Bertz CT molecular complexity index is 358. The monoisotopic (exact) mass is 368 g/mol. The summed E-state index contributed by atoms with van der Waals surface area (Å²) in [6, 6.07) is -2.67. The summed E-state index contributed by atoms with van der Waals surface area (Å²) in [7, 11) is 0. The molecule has 110 valence electrons. The van der Waals surface area contributed by atoms with Gasteiger partial charge in [0.15, 0.2) is 0 Å². The van der Waals surface area contributed by atoms with E-state index in [1.165, 1.54) is 0 Å². The molecule has 0 aliphatic heterocycles. The normalized spacial score (nSPS) is 10.3. The van der Waals surface area contributed by atoms with Gasteiger partial charge in [0.25, 0.3) is 0 Å². The van der Waals surface area contributed by atoms with Crippen molar-refractivity contribution in [3.05, 3.63) is 0 Å². The summed E-state index contributed by atoms with van der Waals surface area (Å²) in [5, 5.41) is 38.9. The average Bonchev–Trinajstić information content (AvgIpc) is 2.25. The first kappa shape index (κ1) is 39.7. The van der Waals surface area contributed by atoms with Crippen molar-refractivity contribution in [1.29, 1.82) is 0 Å². The number of carboxylic acids is 4. The molecule has 0 aliphatic carbocycles. The molecule has 2 unspecified atom stereocenters. The first-order valence-corrected chi connectivity index (χ1v) is 4.90. The summed E-state index contributed by atoms with van der Waals surface area (Å²) in [5.41, 5.74) is 9.65. The van der Waals surface area contributed by atoms with Gasteiger partial charge < -0.3 is 51.1 Å². The Morgan fingerprint density at radius 3 is 1.22 bits per heavy atom. The number of hydrogen-bond acceptors (Lipinski definition) is 10. The van der Waals surface area contributed by atoms with Gasteiger partial charge in [-0.1, -0.05) is 0 Å². The van der Waals surface area contributed by atoms with Gasteiger partial charge in [-0.2, -0.15) is 0 Å². The van der Waals surface area contributed by atoms with Crippen LogP contribution in [0.4, 0.5) is 0 Å². The molecule has 0 saturated heterocycles. The SMILES string of the molecule is NC(CC(=O)[O-])C(=O)[O-].NC(CCC(=O)[O-])C(=O)[O-].[Na+].[Na+].[Na+].[Na+]. The smallest absolute Gasteiger partial charge is 0.550 e. The first-order valence-electron chi connectivity index (χ1n) is 4.90. The number of aliphatic carboxylic acids is 4. The number of carbonyl (C=O) groups is 4. The third-order valence-corrected chi connectivity index (χ3v) is 1.65. The molecule has 23 heavy (non-hydrogen) atoms. The van der Waals surface area contributed by atoms with Gasteiger partial charge in [0.1, 0.15) is 0 Å². The van der Waals surface area contributed by atoms with Gasteiger partial charge >= 0.3 is 118 Å². The van der Waals surface area contributed by atoms with Crippen molar-refractivity contribution in [2.75, 3.05) is 0 Å². The topological polar surface area (TPSA) is 213 Å². The van der Waals surface area contributed by atoms with E-state index in [1.54, 1.807) is 0 Å². The Kier molecular flexibility index (Phi) is 41.1. The molecule has 0 radical (unpaired) electrons. The molecule has 0 aromatic rings. The van der Waals surface area contributed by atoms with Gasteiger partial charge in [0, 0.05) is 30.4 Å². The predicted octanol–water partition coefficient (Wildman–Crippen LogP) is -19.2. The second-order valence-corrected chi connectivity index (χ2v) is 3.34. The zero-order chi connectivity index (χ0) is 15.6. The van der Waals surface area contributed by atoms with Gasteiger partial charge in [-0.25, -0.2) is 0 Å². The van der Waals surface area contributed by atoms with E-state index >= 15 is 0 Å². The van der Waals surface area contributed by atoms with Gasteiger partial charge in [-0.3, -0.25) is 0 Å². The van der Waals surface area contributed by atoms with Crippen molar-refractivity contribution >= 4 is 23.9 Å². The van der Waals surface area contributed by atoms with E-state index in [-0.39, 0.29) is 131 Å². The predicted molar refractivity (Wildman–Crippen MR) is 49.8 cm³/mol. The average molecular weight is 368 g/mol. The summed E-state index contributed by atoms with van der Waals surface area (Å²) >= 11 is 0. The van der Waals surface area contributed by atoms with Crippen LogP contribution in [0.15, 0.2) is 0 Å². The van der Waals surface area contributed by atoms with Crippen molar-refractivity contribution in [2.45, 2.75) is 31.3 Å². The minimum absolute atomic E-state index is 0. The maximum absolute atomic E-state index is 9.86. The summed E-state index contributed by atoms with van der Waals surface area (Å²) < 4.78 is 0. The van der Waals surface area contributed by atoms with Crippen molar-refractivity contribution in [3.63, 3.8) is 0 Å². The fraction of sp³-hybridized carbons (Fsp3) is 0.556. The van der Waals surface area contributed by atoms with Crippen LogP contribution in [0.3, 0.4) is 0 Å². The molecular weight excluding hydrogens is 356 g/mol. The van der Waals surface area contributed by atoms with E-state index in [9.17, 15) is 39.6 Å². The second kappa shape index (κ2) is 23.8. The molecule has 0 amide bonds.